The molecule has 3 rings (SSSR count). The lowest BCUT2D eigenvalue weighted by Gasteiger charge is -2.27. The van der Waals surface area contributed by atoms with Gasteiger partial charge in [-0.3, -0.25) is 0 Å². The van der Waals surface area contributed by atoms with Crippen molar-refractivity contribution in [2.75, 3.05) is 6.61 Å². The molecule has 0 amide bonds. The molecule has 0 aliphatic carbocycles. The van der Waals surface area contributed by atoms with Gasteiger partial charge in [0.05, 0.1) is 6.61 Å². The van der Waals surface area contributed by atoms with Crippen molar-refractivity contribution in [3.05, 3.63) is 0 Å². The molecule has 6 nitrogen and oxygen atoms in total. The fourth-order valence-corrected chi connectivity index (χ4v) is 2.35. The summed E-state index contributed by atoms with van der Waals surface area (Å²) in [5.74, 6) is -2.38. The number of ether oxygens (including phenoxy) is 4. The number of hydrogen-bond acceptors (Lipinski definition) is 6. The Morgan fingerprint density at radius 3 is 2.67 bits per heavy atom. The molecule has 3 aliphatic heterocycles. The second-order valence-corrected chi connectivity index (χ2v) is 4.61. The van der Waals surface area contributed by atoms with Crippen molar-refractivity contribution >= 4 is 0 Å². The van der Waals surface area contributed by atoms with Crippen LogP contribution in [0.2, 0.25) is 0 Å². The molecule has 0 saturated carbocycles. The van der Waals surface area contributed by atoms with Gasteiger partial charge < -0.3 is 29.2 Å². The first kappa shape index (κ1) is 9.95. The average molecular weight is 218 g/mol. The molecule has 0 bridgehead atoms. The maximum Gasteiger partial charge on any atom is 0.227 e. The Balaban J connectivity index is 1.89. The van der Waals surface area contributed by atoms with E-state index >= 15 is 0 Å². The van der Waals surface area contributed by atoms with Crippen molar-refractivity contribution in [2.45, 2.75) is 50.0 Å². The molecular formula is C9H14O6. The van der Waals surface area contributed by atoms with Gasteiger partial charge in [0.25, 0.3) is 0 Å². The lowest BCUT2D eigenvalue weighted by atomic mass is 10.1. The summed E-state index contributed by atoms with van der Waals surface area (Å²) in [6.45, 7) is 3.52. The van der Waals surface area contributed by atoms with Crippen LogP contribution in [0, 0.1) is 0 Å². The maximum absolute atomic E-state index is 10.2. The molecule has 3 aliphatic rings. The van der Waals surface area contributed by atoms with Crippen molar-refractivity contribution in [3.8, 4) is 0 Å². The lowest BCUT2D eigenvalue weighted by Crippen LogP contribution is -2.48. The summed E-state index contributed by atoms with van der Waals surface area (Å²) in [5, 5.41) is 19.7. The van der Waals surface area contributed by atoms with Crippen molar-refractivity contribution < 1.29 is 29.2 Å². The fourth-order valence-electron chi connectivity index (χ4n) is 2.35. The normalized spacial score (nSPS) is 56.8. The first-order chi connectivity index (χ1) is 6.92. The van der Waals surface area contributed by atoms with Crippen LogP contribution in [0.4, 0.5) is 0 Å². The molecular weight excluding hydrogens is 204 g/mol. The SMILES string of the molecule is CC1(C)O[C@H]2O[C@@H]3[C@@H](O)CO[C@]3(O)[C@H]2O1. The molecule has 3 saturated heterocycles. The molecule has 86 valence electrons. The highest BCUT2D eigenvalue weighted by Gasteiger charge is 2.68. The number of rotatable bonds is 0. The molecule has 0 aromatic heterocycles. The van der Waals surface area contributed by atoms with Gasteiger partial charge in [-0.2, -0.15) is 0 Å². The first-order valence-electron chi connectivity index (χ1n) is 4.98. The predicted octanol–water partition coefficient (Wildman–Crippen LogP) is -1.06. The van der Waals surface area contributed by atoms with E-state index in [-0.39, 0.29) is 6.61 Å². The molecule has 0 aromatic rings. The molecule has 0 aromatic carbocycles. The standard InChI is InChI=1S/C9H14O6/c1-8(2)14-6-7(15-8)13-5-4(10)3-12-9(5,6)11/h4-7,10-11H,3H2,1-2H3/t4-,5+,6-,7+,9-/m0/s1. The second-order valence-electron chi connectivity index (χ2n) is 4.61. The summed E-state index contributed by atoms with van der Waals surface area (Å²) in [5.41, 5.74) is 0. The Morgan fingerprint density at radius 1 is 1.20 bits per heavy atom. The summed E-state index contributed by atoms with van der Waals surface area (Å²) >= 11 is 0. The summed E-state index contributed by atoms with van der Waals surface area (Å²) in [4.78, 5) is 0. The molecule has 0 radical (unpaired) electrons. The third-order valence-electron chi connectivity index (χ3n) is 2.99. The van der Waals surface area contributed by atoms with Gasteiger partial charge in [0.2, 0.25) is 5.79 Å². The van der Waals surface area contributed by atoms with Crippen LogP contribution in [0.25, 0.3) is 0 Å². The minimum Gasteiger partial charge on any atom is -0.388 e. The summed E-state index contributed by atoms with van der Waals surface area (Å²) in [7, 11) is 0. The first-order valence-corrected chi connectivity index (χ1v) is 4.98. The molecule has 2 N–H and O–H groups in total. The summed E-state index contributed by atoms with van der Waals surface area (Å²) < 4.78 is 21.5. The Morgan fingerprint density at radius 2 is 1.93 bits per heavy atom. The van der Waals surface area contributed by atoms with Gasteiger partial charge in [-0.15, -0.1) is 0 Å². The highest BCUT2D eigenvalue weighted by Crippen LogP contribution is 2.47. The Hall–Kier alpha value is -0.240. The van der Waals surface area contributed by atoms with E-state index in [0.29, 0.717) is 0 Å². The Kier molecular flexibility index (Phi) is 1.80. The number of aliphatic hydroxyl groups is 2. The number of aliphatic hydroxyl groups excluding tert-OH is 1. The summed E-state index contributed by atoms with van der Waals surface area (Å²) in [6, 6.07) is 0. The predicted molar refractivity (Wildman–Crippen MR) is 45.6 cm³/mol. The van der Waals surface area contributed by atoms with Gasteiger partial charge in [-0.05, 0) is 13.8 Å². The van der Waals surface area contributed by atoms with Crippen molar-refractivity contribution in [1.29, 1.82) is 0 Å². The van der Waals surface area contributed by atoms with E-state index in [2.05, 4.69) is 0 Å². The molecule has 3 heterocycles. The average Bonchev–Trinajstić information content (AvgIpc) is 2.65. The lowest BCUT2D eigenvalue weighted by molar-refractivity contribution is -0.273. The second kappa shape index (κ2) is 2.71. The van der Waals surface area contributed by atoms with Crippen LogP contribution in [0.5, 0.6) is 0 Å². The fraction of sp³-hybridized carbons (Fsp3) is 1.00. The molecule has 3 fully saturated rings. The van der Waals surface area contributed by atoms with Crippen molar-refractivity contribution in [3.63, 3.8) is 0 Å². The van der Waals surface area contributed by atoms with Crippen LogP contribution in [0.3, 0.4) is 0 Å². The smallest absolute Gasteiger partial charge is 0.227 e. The van der Waals surface area contributed by atoms with E-state index in [1.165, 1.54) is 0 Å². The quantitative estimate of drug-likeness (QED) is 0.540. The van der Waals surface area contributed by atoms with Gasteiger partial charge in [0.15, 0.2) is 18.2 Å². The molecule has 0 spiro atoms. The maximum atomic E-state index is 10.2. The third kappa shape index (κ3) is 1.20. The van der Waals surface area contributed by atoms with Gasteiger partial charge in [0, 0.05) is 0 Å². The van der Waals surface area contributed by atoms with Crippen LogP contribution in [-0.2, 0) is 18.9 Å². The van der Waals surface area contributed by atoms with Crippen LogP contribution < -0.4 is 0 Å². The van der Waals surface area contributed by atoms with E-state index in [1.54, 1.807) is 13.8 Å². The highest BCUT2D eigenvalue weighted by atomic mass is 16.9. The number of fused-ring (bicyclic) bond motifs is 3. The zero-order chi connectivity index (χ0) is 10.8. The zero-order valence-electron chi connectivity index (χ0n) is 8.54. The highest BCUT2D eigenvalue weighted by molar-refractivity contribution is 5.05. The number of hydrogen-bond donors (Lipinski definition) is 2. The van der Waals surface area contributed by atoms with Crippen LogP contribution in [0.15, 0.2) is 0 Å². The van der Waals surface area contributed by atoms with Crippen molar-refractivity contribution in [1.82, 2.24) is 0 Å². The molecule has 6 heteroatoms. The summed E-state index contributed by atoms with van der Waals surface area (Å²) in [6.07, 6.45) is -3.00. The van der Waals surface area contributed by atoms with E-state index in [9.17, 15) is 10.2 Å². The minimum atomic E-state index is -1.59. The van der Waals surface area contributed by atoms with Gasteiger partial charge in [0.1, 0.15) is 12.2 Å². The van der Waals surface area contributed by atoms with E-state index in [4.69, 9.17) is 18.9 Å². The van der Waals surface area contributed by atoms with Gasteiger partial charge >= 0.3 is 0 Å². The van der Waals surface area contributed by atoms with Crippen LogP contribution in [-0.4, -0.2) is 53.0 Å². The third-order valence-corrected chi connectivity index (χ3v) is 2.99. The zero-order valence-corrected chi connectivity index (χ0v) is 8.54. The molecule has 15 heavy (non-hydrogen) atoms. The van der Waals surface area contributed by atoms with E-state index < -0.39 is 36.2 Å². The Bertz CT molecular complexity index is 292. The van der Waals surface area contributed by atoms with Crippen LogP contribution >= 0.6 is 0 Å². The molecule has 0 unspecified atom stereocenters. The minimum absolute atomic E-state index is 0.0498. The van der Waals surface area contributed by atoms with Gasteiger partial charge in [-0.25, -0.2) is 0 Å². The van der Waals surface area contributed by atoms with E-state index in [0.717, 1.165) is 0 Å². The van der Waals surface area contributed by atoms with E-state index in [1.807, 2.05) is 0 Å². The molecule has 5 atom stereocenters. The Labute approximate surface area is 86.7 Å². The largest absolute Gasteiger partial charge is 0.388 e. The van der Waals surface area contributed by atoms with Gasteiger partial charge in [-0.1, -0.05) is 0 Å². The topological polar surface area (TPSA) is 77.4 Å². The monoisotopic (exact) mass is 218 g/mol. The van der Waals surface area contributed by atoms with Crippen molar-refractivity contribution in [2.24, 2.45) is 0 Å². The van der Waals surface area contributed by atoms with Crippen LogP contribution in [0.1, 0.15) is 13.8 Å².